The first kappa shape index (κ1) is 15.5. The van der Waals surface area contributed by atoms with Crippen molar-refractivity contribution >= 4 is 32.0 Å². The van der Waals surface area contributed by atoms with Crippen LogP contribution in [0, 0.1) is 10.1 Å². The minimum Gasteiger partial charge on any atom is -0.472 e. The summed E-state index contributed by atoms with van der Waals surface area (Å²) in [5.74, 6) is 0. The highest BCUT2D eigenvalue weighted by Crippen LogP contribution is 2.36. The van der Waals surface area contributed by atoms with Crippen LogP contribution in [0.2, 0.25) is 0 Å². The molecule has 0 aliphatic rings. The summed E-state index contributed by atoms with van der Waals surface area (Å²) in [5, 5.41) is 13.9. The van der Waals surface area contributed by atoms with Crippen LogP contribution in [0.1, 0.15) is 12.5 Å². The molecule has 2 heterocycles. The van der Waals surface area contributed by atoms with Crippen LogP contribution in [-0.4, -0.2) is 19.9 Å². The third-order valence-electron chi connectivity index (χ3n) is 2.54. The molecule has 0 atom stereocenters. The van der Waals surface area contributed by atoms with Crippen LogP contribution in [0.4, 0.5) is 10.7 Å². The Labute approximate surface area is 125 Å². The second-order valence-electron chi connectivity index (χ2n) is 4.02. The summed E-state index contributed by atoms with van der Waals surface area (Å²) >= 11 is 0.830. The Morgan fingerprint density at radius 3 is 2.81 bits per heavy atom. The summed E-state index contributed by atoms with van der Waals surface area (Å²) in [5.41, 5.74) is 0.419. The summed E-state index contributed by atoms with van der Waals surface area (Å²) in [4.78, 5) is 10.3. The zero-order valence-corrected chi connectivity index (χ0v) is 12.7. The number of hydrogen-bond donors (Lipinski definition) is 2. The third-order valence-corrected chi connectivity index (χ3v) is 5.49. The fraction of sp³-hybridized carbons (Fsp3) is 0.273. The molecule has 114 valence electrons. The predicted molar refractivity (Wildman–Crippen MR) is 77.9 cm³/mol. The van der Waals surface area contributed by atoms with Crippen molar-refractivity contribution in [2.24, 2.45) is 0 Å². The lowest BCUT2D eigenvalue weighted by Gasteiger charge is -2.02. The SMILES string of the molecule is CCNc1sc(S(=O)(=O)NCc2ccoc2)cc1[N+](=O)[O-]. The average Bonchev–Trinajstić information content (AvgIpc) is 3.06. The van der Waals surface area contributed by atoms with E-state index in [-0.39, 0.29) is 21.4 Å². The number of anilines is 1. The Balaban J connectivity index is 2.23. The van der Waals surface area contributed by atoms with Crippen molar-refractivity contribution in [3.63, 3.8) is 0 Å². The van der Waals surface area contributed by atoms with Gasteiger partial charge in [-0.2, -0.15) is 0 Å². The number of hydrogen-bond acceptors (Lipinski definition) is 7. The van der Waals surface area contributed by atoms with Crippen LogP contribution in [-0.2, 0) is 16.6 Å². The number of furan rings is 1. The lowest BCUT2D eigenvalue weighted by Crippen LogP contribution is -2.22. The molecule has 0 aromatic carbocycles. The molecule has 10 heteroatoms. The summed E-state index contributed by atoms with van der Waals surface area (Å²) in [7, 11) is -3.81. The van der Waals surface area contributed by atoms with Gasteiger partial charge in [-0.1, -0.05) is 11.3 Å². The third kappa shape index (κ3) is 3.60. The molecule has 8 nitrogen and oxygen atoms in total. The van der Waals surface area contributed by atoms with Crippen molar-refractivity contribution < 1.29 is 17.8 Å². The normalized spacial score (nSPS) is 11.5. The van der Waals surface area contributed by atoms with Crippen LogP contribution in [0.5, 0.6) is 0 Å². The van der Waals surface area contributed by atoms with Gasteiger partial charge in [-0.25, -0.2) is 13.1 Å². The van der Waals surface area contributed by atoms with Gasteiger partial charge < -0.3 is 9.73 Å². The molecule has 2 aromatic heterocycles. The largest absolute Gasteiger partial charge is 0.472 e. The van der Waals surface area contributed by atoms with Gasteiger partial charge in [0.05, 0.1) is 17.4 Å². The molecule has 2 N–H and O–H groups in total. The molecule has 0 spiro atoms. The summed E-state index contributed by atoms with van der Waals surface area (Å²) in [6.07, 6.45) is 2.85. The van der Waals surface area contributed by atoms with Gasteiger partial charge in [0.2, 0.25) is 0 Å². The zero-order valence-electron chi connectivity index (χ0n) is 11.0. The Morgan fingerprint density at radius 1 is 1.48 bits per heavy atom. The van der Waals surface area contributed by atoms with Gasteiger partial charge in [0.1, 0.15) is 4.21 Å². The standard InChI is InChI=1S/C11H13N3O5S2/c1-2-12-11-9(14(15)16)5-10(20-11)21(17,18)13-6-8-3-4-19-7-8/h3-5,7,12-13H,2,6H2,1H3. The van der Waals surface area contributed by atoms with Gasteiger partial charge in [-0.05, 0) is 13.0 Å². The molecule has 2 rings (SSSR count). The van der Waals surface area contributed by atoms with Gasteiger partial charge in [0, 0.05) is 24.7 Å². The fourth-order valence-electron chi connectivity index (χ4n) is 1.56. The second-order valence-corrected chi connectivity index (χ2v) is 7.07. The van der Waals surface area contributed by atoms with Gasteiger partial charge in [-0.3, -0.25) is 10.1 Å². The maximum atomic E-state index is 12.1. The predicted octanol–water partition coefficient (Wildman–Crippen LogP) is 2.16. The minimum atomic E-state index is -3.81. The average molecular weight is 331 g/mol. The molecule has 0 unspecified atom stereocenters. The molecular weight excluding hydrogens is 318 g/mol. The number of nitrogens with one attached hydrogen (secondary N) is 2. The number of nitrogens with zero attached hydrogens (tertiary/aromatic N) is 1. The van der Waals surface area contributed by atoms with E-state index in [9.17, 15) is 18.5 Å². The Morgan fingerprint density at radius 2 is 2.24 bits per heavy atom. The molecule has 0 saturated heterocycles. The molecule has 0 amide bonds. The first-order valence-corrected chi connectivity index (χ1v) is 8.27. The minimum absolute atomic E-state index is 0.0566. The van der Waals surface area contributed by atoms with E-state index in [2.05, 4.69) is 10.0 Å². The lowest BCUT2D eigenvalue weighted by molar-refractivity contribution is -0.383. The highest BCUT2D eigenvalue weighted by atomic mass is 32.2. The van der Waals surface area contributed by atoms with E-state index < -0.39 is 14.9 Å². The molecule has 2 aromatic rings. The molecule has 0 fully saturated rings. The molecule has 0 aliphatic carbocycles. The van der Waals surface area contributed by atoms with Gasteiger partial charge in [0.15, 0.2) is 5.00 Å². The lowest BCUT2D eigenvalue weighted by atomic mass is 10.4. The summed E-state index contributed by atoms with van der Waals surface area (Å²) < 4.78 is 31.4. The smallest absolute Gasteiger partial charge is 0.304 e. The first-order chi connectivity index (χ1) is 9.94. The van der Waals surface area contributed by atoms with Crippen molar-refractivity contribution in [1.29, 1.82) is 0 Å². The van der Waals surface area contributed by atoms with Crippen LogP contribution in [0.15, 0.2) is 33.3 Å². The molecular formula is C11H13N3O5S2. The number of thiophene rings is 1. The second kappa shape index (κ2) is 6.24. The summed E-state index contributed by atoms with van der Waals surface area (Å²) in [6.45, 7) is 2.29. The Hall–Kier alpha value is -1.91. The van der Waals surface area contributed by atoms with Crippen molar-refractivity contribution in [3.8, 4) is 0 Å². The number of rotatable bonds is 7. The van der Waals surface area contributed by atoms with Crippen LogP contribution >= 0.6 is 11.3 Å². The highest BCUT2D eigenvalue weighted by molar-refractivity contribution is 7.91. The van der Waals surface area contributed by atoms with E-state index in [0.717, 1.165) is 17.4 Å². The van der Waals surface area contributed by atoms with E-state index in [0.29, 0.717) is 12.1 Å². The maximum absolute atomic E-state index is 12.1. The van der Waals surface area contributed by atoms with E-state index >= 15 is 0 Å². The monoisotopic (exact) mass is 331 g/mol. The van der Waals surface area contributed by atoms with E-state index in [1.807, 2.05) is 0 Å². The van der Waals surface area contributed by atoms with E-state index in [4.69, 9.17) is 4.42 Å². The van der Waals surface area contributed by atoms with Crippen molar-refractivity contribution in [2.45, 2.75) is 17.7 Å². The topological polar surface area (TPSA) is 114 Å². The van der Waals surface area contributed by atoms with E-state index in [1.165, 1.54) is 12.5 Å². The van der Waals surface area contributed by atoms with E-state index in [1.54, 1.807) is 13.0 Å². The van der Waals surface area contributed by atoms with Crippen LogP contribution < -0.4 is 10.0 Å². The number of nitro groups is 1. The van der Waals surface area contributed by atoms with Gasteiger partial charge >= 0.3 is 5.69 Å². The highest BCUT2D eigenvalue weighted by Gasteiger charge is 2.25. The van der Waals surface area contributed by atoms with Crippen molar-refractivity contribution in [3.05, 3.63) is 40.3 Å². The fourth-order valence-corrected chi connectivity index (χ4v) is 4.02. The molecule has 0 saturated carbocycles. The number of sulfonamides is 1. The molecule has 0 bridgehead atoms. The van der Waals surface area contributed by atoms with Crippen LogP contribution in [0.25, 0.3) is 0 Å². The quantitative estimate of drug-likeness (QED) is 0.593. The van der Waals surface area contributed by atoms with Crippen LogP contribution in [0.3, 0.4) is 0 Å². The molecule has 0 radical (unpaired) electrons. The van der Waals surface area contributed by atoms with Gasteiger partial charge in [0.25, 0.3) is 10.0 Å². The zero-order chi connectivity index (χ0) is 15.5. The molecule has 0 aliphatic heterocycles. The first-order valence-electron chi connectivity index (χ1n) is 5.97. The van der Waals surface area contributed by atoms with Crippen molar-refractivity contribution in [2.75, 3.05) is 11.9 Å². The molecule has 21 heavy (non-hydrogen) atoms. The van der Waals surface area contributed by atoms with Gasteiger partial charge in [-0.15, -0.1) is 0 Å². The maximum Gasteiger partial charge on any atom is 0.304 e. The summed E-state index contributed by atoms with van der Waals surface area (Å²) in [6, 6.07) is 2.68. The Bertz CT molecular complexity index is 721. The van der Waals surface area contributed by atoms with Crippen molar-refractivity contribution in [1.82, 2.24) is 4.72 Å². The Kier molecular flexibility index (Phi) is 4.60.